The fourth-order valence-electron chi connectivity index (χ4n) is 1.54. The maximum atomic E-state index is 10.9. The Balaban J connectivity index is 2.18. The number of carbonyl (C=O) groups is 1. The number of aromatic carboxylic acids is 1. The largest absolute Gasteiger partial charge is 0.493 e. The Hall–Kier alpha value is -2.43. The second-order valence-electron chi connectivity index (χ2n) is 3.65. The highest BCUT2D eigenvalue weighted by Gasteiger charge is 2.10. The molecule has 0 unspecified atom stereocenters. The van der Waals surface area contributed by atoms with Gasteiger partial charge in [0.05, 0.1) is 18.4 Å². The molecule has 2 rings (SSSR count). The molecule has 0 spiro atoms. The SMILES string of the molecule is COc1ccc(C(=O)O)cc1OCc1ccc[nH]1. The molecule has 0 saturated carbocycles. The highest BCUT2D eigenvalue weighted by molar-refractivity contribution is 5.88. The van der Waals surface area contributed by atoms with Crippen molar-refractivity contribution in [3.8, 4) is 11.5 Å². The summed E-state index contributed by atoms with van der Waals surface area (Å²) in [4.78, 5) is 13.9. The van der Waals surface area contributed by atoms with E-state index >= 15 is 0 Å². The van der Waals surface area contributed by atoms with Gasteiger partial charge in [0.2, 0.25) is 0 Å². The fourth-order valence-corrected chi connectivity index (χ4v) is 1.54. The monoisotopic (exact) mass is 247 g/mol. The number of hydrogen-bond acceptors (Lipinski definition) is 3. The molecule has 1 heterocycles. The molecule has 0 atom stereocenters. The van der Waals surface area contributed by atoms with E-state index in [1.807, 2.05) is 12.1 Å². The quantitative estimate of drug-likeness (QED) is 0.850. The number of ether oxygens (including phenoxy) is 2. The molecule has 5 heteroatoms. The first-order chi connectivity index (χ1) is 8.70. The summed E-state index contributed by atoms with van der Waals surface area (Å²) < 4.78 is 10.7. The third-order valence-electron chi connectivity index (χ3n) is 2.46. The van der Waals surface area contributed by atoms with Crippen LogP contribution in [0.3, 0.4) is 0 Å². The number of H-pyrrole nitrogens is 1. The van der Waals surface area contributed by atoms with Crippen molar-refractivity contribution < 1.29 is 19.4 Å². The van der Waals surface area contributed by atoms with Gasteiger partial charge >= 0.3 is 5.97 Å². The zero-order chi connectivity index (χ0) is 13.0. The van der Waals surface area contributed by atoms with E-state index in [9.17, 15) is 4.79 Å². The lowest BCUT2D eigenvalue weighted by atomic mass is 10.2. The molecule has 1 aromatic heterocycles. The molecule has 94 valence electrons. The van der Waals surface area contributed by atoms with Gasteiger partial charge in [-0.1, -0.05) is 0 Å². The third kappa shape index (κ3) is 2.63. The van der Waals surface area contributed by atoms with E-state index in [-0.39, 0.29) is 5.56 Å². The Morgan fingerprint density at radius 2 is 2.17 bits per heavy atom. The molecule has 18 heavy (non-hydrogen) atoms. The maximum Gasteiger partial charge on any atom is 0.335 e. The molecule has 0 aliphatic carbocycles. The lowest BCUT2D eigenvalue weighted by molar-refractivity contribution is 0.0696. The van der Waals surface area contributed by atoms with E-state index in [1.165, 1.54) is 19.2 Å². The summed E-state index contributed by atoms with van der Waals surface area (Å²) >= 11 is 0. The van der Waals surface area contributed by atoms with Crippen LogP contribution >= 0.6 is 0 Å². The Morgan fingerprint density at radius 1 is 1.33 bits per heavy atom. The summed E-state index contributed by atoms with van der Waals surface area (Å²) in [6.07, 6.45) is 1.80. The van der Waals surface area contributed by atoms with Gasteiger partial charge in [-0.05, 0) is 30.3 Å². The Bertz CT molecular complexity index is 534. The van der Waals surface area contributed by atoms with Crippen LogP contribution < -0.4 is 9.47 Å². The second-order valence-corrected chi connectivity index (χ2v) is 3.65. The van der Waals surface area contributed by atoms with E-state index in [4.69, 9.17) is 14.6 Å². The third-order valence-corrected chi connectivity index (χ3v) is 2.46. The van der Waals surface area contributed by atoms with Crippen molar-refractivity contribution in [1.82, 2.24) is 4.98 Å². The Morgan fingerprint density at radius 3 is 2.78 bits per heavy atom. The smallest absolute Gasteiger partial charge is 0.335 e. The van der Waals surface area contributed by atoms with Crippen LogP contribution in [0.4, 0.5) is 0 Å². The zero-order valence-corrected chi connectivity index (χ0v) is 9.84. The summed E-state index contributed by atoms with van der Waals surface area (Å²) in [5, 5.41) is 8.92. The van der Waals surface area contributed by atoms with Gasteiger partial charge in [-0.15, -0.1) is 0 Å². The molecule has 5 nitrogen and oxygen atoms in total. The van der Waals surface area contributed by atoms with Crippen LogP contribution in [0.2, 0.25) is 0 Å². The summed E-state index contributed by atoms with van der Waals surface area (Å²) in [7, 11) is 1.51. The number of carboxylic acids is 1. The van der Waals surface area contributed by atoms with Gasteiger partial charge in [0.1, 0.15) is 6.61 Å². The van der Waals surface area contributed by atoms with Gasteiger partial charge in [0, 0.05) is 6.20 Å². The number of methoxy groups -OCH3 is 1. The van der Waals surface area contributed by atoms with Crippen molar-refractivity contribution in [3.63, 3.8) is 0 Å². The van der Waals surface area contributed by atoms with E-state index in [2.05, 4.69) is 4.98 Å². The fraction of sp³-hybridized carbons (Fsp3) is 0.154. The van der Waals surface area contributed by atoms with Crippen LogP contribution in [0.5, 0.6) is 11.5 Å². The van der Waals surface area contributed by atoms with Crippen LogP contribution in [-0.4, -0.2) is 23.2 Å². The molecule has 2 aromatic rings. The van der Waals surface area contributed by atoms with E-state index in [1.54, 1.807) is 12.3 Å². The average Bonchev–Trinajstić information content (AvgIpc) is 2.89. The molecule has 0 amide bonds. The number of carboxylic acid groups (broad SMARTS) is 1. The standard InChI is InChI=1S/C13H13NO4/c1-17-11-5-4-9(13(15)16)7-12(11)18-8-10-3-2-6-14-10/h2-7,14H,8H2,1H3,(H,15,16). The number of rotatable bonds is 5. The lowest BCUT2D eigenvalue weighted by Gasteiger charge is -2.10. The molecule has 1 aromatic carbocycles. The normalized spacial score (nSPS) is 10.1. The predicted molar refractivity (Wildman–Crippen MR) is 65.1 cm³/mol. The average molecular weight is 247 g/mol. The Labute approximate surface area is 104 Å². The van der Waals surface area contributed by atoms with Gasteiger partial charge in [-0.25, -0.2) is 4.79 Å². The number of aromatic amines is 1. The highest BCUT2D eigenvalue weighted by Crippen LogP contribution is 2.28. The Kier molecular flexibility index (Phi) is 3.52. The minimum Gasteiger partial charge on any atom is -0.493 e. The first kappa shape index (κ1) is 12.0. The van der Waals surface area contributed by atoms with Gasteiger partial charge in [-0.3, -0.25) is 0 Å². The number of nitrogens with one attached hydrogen (secondary N) is 1. The topological polar surface area (TPSA) is 71.6 Å². The van der Waals surface area contributed by atoms with Gasteiger partial charge in [-0.2, -0.15) is 0 Å². The van der Waals surface area contributed by atoms with Crippen LogP contribution in [0.1, 0.15) is 16.1 Å². The zero-order valence-electron chi connectivity index (χ0n) is 9.84. The van der Waals surface area contributed by atoms with E-state index < -0.39 is 5.97 Å². The van der Waals surface area contributed by atoms with E-state index in [0.717, 1.165) is 5.69 Å². The van der Waals surface area contributed by atoms with Crippen molar-refractivity contribution in [2.45, 2.75) is 6.61 Å². The second kappa shape index (κ2) is 5.27. The van der Waals surface area contributed by atoms with Crippen molar-refractivity contribution in [2.75, 3.05) is 7.11 Å². The van der Waals surface area contributed by atoms with Crippen molar-refractivity contribution in [2.24, 2.45) is 0 Å². The first-order valence-corrected chi connectivity index (χ1v) is 5.37. The molecule has 0 fully saturated rings. The minimum absolute atomic E-state index is 0.164. The molecular weight excluding hydrogens is 234 g/mol. The lowest BCUT2D eigenvalue weighted by Crippen LogP contribution is -2.01. The van der Waals surface area contributed by atoms with Crippen LogP contribution in [0.15, 0.2) is 36.5 Å². The minimum atomic E-state index is -0.998. The highest BCUT2D eigenvalue weighted by atomic mass is 16.5. The molecule has 0 saturated heterocycles. The van der Waals surface area contributed by atoms with Crippen molar-refractivity contribution in [1.29, 1.82) is 0 Å². The van der Waals surface area contributed by atoms with Crippen LogP contribution in [0.25, 0.3) is 0 Å². The van der Waals surface area contributed by atoms with E-state index in [0.29, 0.717) is 18.1 Å². The van der Waals surface area contributed by atoms with Gasteiger partial charge in [0.15, 0.2) is 11.5 Å². The summed E-state index contributed by atoms with van der Waals surface area (Å²) in [6, 6.07) is 8.25. The summed E-state index contributed by atoms with van der Waals surface area (Å²) in [5.74, 6) is -0.0825. The molecule has 0 radical (unpaired) electrons. The number of benzene rings is 1. The predicted octanol–water partition coefficient (Wildman–Crippen LogP) is 2.30. The maximum absolute atomic E-state index is 10.9. The van der Waals surface area contributed by atoms with Gasteiger partial charge < -0.3 is 19.6 Å². The summed E-state index contributed by atoms with van der Waals surface area (Å²) in [6.45, 7) is 0.326. The van der Waals surface area contributed by atoms with Crippen LogP contribution in [-0.2, 0) is 6.61 Å². The molecular formula is C13H13NO4. The molecule has 0 bridgehead atoms. The van der Waals surface area contributed by atoms with Gasteiger partial charge in [0.25, 0.3) is 0 Å². The molecule has 0 aliphatic rings. The number of hydrogen-bond donors (Lipinski definition) is 2. The first-order valence-electron chi connectivity index (χ1n) is 5.37. The number of aromatic nitrogens is 1. The molecule has 0 aliphatic heterocycles. The van der Waals surface area contributed by atoms with Crippen LogP contribution in [0, 0.1) is 0 Å². The van der Waals surface area contributed by atoms with Crippen molar-refractivity contribution in [3.05, 3.63) is 47.8 Å². The summed E-state index contributed by atoms with van der Waals surface area (Å²) in [5.41, 5.74) is 1.06. The van der Waals surface area contributed by atoms with Crippen molar-refractivity contribution >= 4 is 5.97 Å². The molecule has 2 N–H and O–H groups in total.